The van der Waals surface area contributed by atoms with Gasteiger partial charge in [0.2, 0.25) is 0 Å². The zero-order chi connectivity index (χ0) is 11.3. The Labute approximate surface area is 97.1 Å². The number of aromatic nitrogens is 1. The van der Waals surface area contributed by atoms with Crippen LogP contribution in [0.3, 0.4) is 0 Å². The molecular weight excluding hydrogens is 204 g/mol. The van der Waals surface area contributed by atoms with Gasteiger partial charge in [0.05, 0.1) is 5.69 Å². The minimum atomic E-state index is 0.543. The van der Waals surface area contributed by atoms with Gasteiger partial charge in [0.1, 0.15) is 0 Å². The summed E-state index contributed by atoms with van der Waals surface area (Å²) in [6, 6.07) is 0.543. The van der Waals surface area contributed by atoms with Gasteiger partial charge >= 0.3 is 0 Å². The highest BCUT2D eigenvalue weighted by Crippen LogP contribution is 2.22. The molecule has 0 aromatic carbocycles. The second kappa shape index (κ2) is 6.11. The molecule has 0 aliphatic carbocycles. The van der Waals surface area contributed by atoms with Crippen LogP contribution in [0.2, 0.25) is 0 Å². The molecule has 0 spiro atoms. The predicted octanol–water partition coefficient (Wildman–Crippen LogP) is 4.14. The Morgan fingerprint density at radius 1 is 1.33 bits per heavy atom. The zero-order valence-corrected chi connectivity index (χ0v) is 11.1. The Balaban J connectivity index is 2.34. The van der Waals surface area contributed by atoms with Crippen molar-refractivity contribution in [1.29, 1.82) is 0 Å². The zero-order valence-electron chi connectivity index (χ0n) is 10.3. The molecule has 1 aromatic rings. The Morgan fingerprint density at radius 2 is 2.07 bits per heavy atom. The molecule has 0 radical (unpaired) electrons. The molecule has 0 aliphatic heterocycles. The van der Waals surface area contributed by atoms with Crippen molar-refractivity contribution in [1.82, 2.24) is 4.98 Å². The summed E-state index contributed by atoms with van der Waals surface area (Å²) >= 11 is 1.76. The van der Waals surface area contributed by atoms with Gasteiger partial charge in [-0.3, -0.25) is 0 Å². The summed E-state index contributed by atoms with van der Waals surface area (Å²) in [5.74, 6) is 0. The normalized spacial score (nSPS) is 12.8. The first-order valence-electron chi connectivity index (χ1n) is 5.84. The largest absolute Gasteiger partial charge is 0.359 e. The Hall–Kier alpha value is -0.570. The van der Waals surface area contributed by atoms with E-state index in [0.29, 0.717) is 6.04 Å². The highest BCUT2D eigenvalue weighted by molar-refractivity contribution is 7.15. The smallest absolute Gasteiger partial charge is 0.183 e. The third kappa shape index (κ3) is 4.20. The Bertz CT molecular complexity index is 274. The van der Waals surface area contributed by atoms with Crippen LogP contribution >= 0.6 is 11.3 Å². The van der Waals surface area contributed by atoms with Crippen molar-refractivity contribution >= 4 is 16.5 Å². The summed E-state index contributed by atoms with van der Waals surface area (Å²) in [6.45, 7) is 8.67. The van der Waals surface area contributed by atoms with Gasteiger partial charge in [-0.05, 0) is 27.2 Å². The molecule has 1 unspecified atom stereocenters. The minimum Gasteiger partial charge on any atom is -0.359 e. The molecule has 0 saturated carbocycles. The van der Waals surface area contributed by atoms with Gasteiger partial charge in [-0.15, -0.1) is 11.3 Å². The molecule has 0 amide bonds. The maximum atomic E-state index is 4.49. The fourth-order valence-corrected chi connectivity index (χ4v) is 2.44. The van der Waals surface area contributed by atoms with E-state index in [-0.39, 0.29) is 0 Å². The monoisotopic (exact) mass is 226 g/mol. The van der Waals surface area contributed by atoms with Crippen molar-refractivity contribution in [3.05, 3.63) is 10.6 Å². The lowest BCUT2D eigenvalue weighted by molar-refractivity contribution is 0.615. The molecule has 1 heterocycles. The fourth-order valence-electron chi connectivity index (χ4n) is 1.52. The van der Waals surface area contributed by atoms with Crippen molar-refractivity contribution in [3.8, 4) is 0 Å². The summed E-state index contributed by atoms with van der Waals surface area (Å²) in [7, 11) is 0. The Morgan fingerprint density at radius 3 is 2.60 bits per heavy atom. The summed E-state index contributed by atoms with van der Waals surface area (Å²) in [5.41, 5.74) is 1.16. The van der Waals surface area contributed by atoms with Gasteiger partial charge in [0, 0.05) is 10.9 Å². The van der Waals surface area contributed by atoms with E-state index in [1.54, 1.807) is 11.3 Å². The number of anilines is 1. The molecule has 0 aliphatic rings. The highest BCUT2D eigenvalue weighted by atomic mass is 32.1. The number of hydrogen-bond donors (Lipinski definition) is 1. The van der Waals surface area contributed by atoms with Gasteiger partial charge in [0.25, 0.3) is 0 Å². The maximum Gasteiger partial charge on any atom is 0.183 e. The molecule has 0 saturated heterocycles. The molecule has 1 atom stereocenters. The average Bonchev–Trinajstić information content (AvgIpc) is 2.46. The van der Waals surface area contributed by atoms with E-state index in [2.05, 4.69) is 38.0 Å². The summed E-state index contributed by atoms with van der Waals surface area (Å²) in [4.78, 5) is 5.80. The number of thiazole rings is 1. The number of hydrogen-bond acceptors (Lipinski definition) is 3. The molecule has 2 nitrogen and oxygen atoms in total. The van der Waals surface area contributed by atoms with E-state index in [4.69, 9.17) is 0 Å². The average molecular weight is 226 g/mol. The quantitative estimate of drug-likeness (QED) is 0.737. The predicted molar refractivity (Wildman–Crippen MR) is 68.8 cm³/mol. The van der Waals surface area contributed by atoms with Gasteiger partial charge in [0.15, 0.2) is 5.13 Å². The lowest BCUT2D eigenvalue weighted by Gasteiger charge is -2.11. The molecule has 1 N–H and O–H groups in total. The number of nitrogens with one attached hydrogen (secondary N) is 1. The highest BCUT2D eigenvalue weighted by Gasteiger charge is 2.06. The van der Waals surface area contributed by atoms with Gasteiger partial charge in [-0.1, -0.05) is 26.2 Å². The lowest BCUT2D eigenvalue weighted by atomic mass is 10.1. The SMILES string of the molecule is CCCCCC(C)Nc1nc(C)c(C)s1. The standard InChI is InChI=1S/C12H22N2S/c1-5-6-7-8-9(2)13-12-14-10(3)11(4)15-12/h9H,5-8H2,1-4H3,(H,13,14). The van der Waals surface area contributed by atoms with Crippen LogP contribution in [0, 0.1) is 13.8 Å². The maximum absolute atomic E-state index is 4.49. The van der Waals surface area contributed by atoms with E-state index in [0.717, 1.165) is 10.8 Å². The number of unbranched alkanes of at least 4 members (excludes halogenated alkanes) is 2. The molecule has 1 rings (SSSR count). The number of rotatable bonds is 6. The van der Waals surface area contributed by atoms with Crippen molar-refractivity contribution in [2.24, 2.45) is 0 Å². The first kappa shape index (κ1) is 12.5. The van der Waals surface area contributed by atoms with Crippen LogP contribution in [0.1, 0.15) is 50.1 Å². The van der Waals surface area contributed by atoms with Crippen LogP contribution in [0.5, 0.6) is 0 Å². The Kier molecular flexibility index (Phi) is 5.09. The van der Waals surface area contributed by atoms with Gasteiger partial charge < -0.3 is 5.32 Å². The molecule has 86 valence electrons. The first-order chi connectivity index (χ1) is 7.13. The topological polar surface area (TPSA) is 24.9 Å². The van der Waals surface area contributed by atoms with E-state index < -0.39 is 0 Å². The fraction of sp³-hybridized carbons (Fsp3) is 0.750. The van der Waals surface area contributed by atoms with E-state index >= 15 is 0 Å². The van der Waals surface area contributed by atoms with Crippen molar-refractivity contribution in [2.75, 3.05) is 5.32 Å². The van der Waals surface area contributed by atoms with Crippen molar-refractivity contribution < 1.29 is 0 Å². The van der Waals surface area contributed by atoms with Crippen molar-refractivity contribution in [3.63, 3.8) is 0 Å². The van der Waals surface area contributed by atoms with Crippen LogP contribution in [0.4, 0.5) is 5.13 Å². The number of nitrogens with zero attached hydrogens (tertiary/aromatic N) is 1. The van der Waals surface area contributed by atoms with Crippen LogP contribution in [0.15, 0.2) is 0 Å². The molecule has 3 heteroatoms. The summed E-state index contributed by atoms with van der Waals surface area (Å²) in [6.07, 6.45) is 5.18. The molecule has 0 fully saturated rings. The van der Waals surface area contributed by atoms with Crippen LogP contribution < -0.4 is 5.32 Å². The summed E-state index contributed by atoms with van der Waals surface area (Å²) < 4.78 is 0. The third-order valence-corrected chi connectivity index (χ3v) is 3.64. The molecule has 15 heavy (non-hydrogen) atoms. The second-order valence-corrected chi connectivity index (χ2v) is 5.40. The van der Waals surface area contributed by atoms with Crippen LogP contribution in [0.25, 0.3) is 0 Å². The van der Waals surface area contributed by atoms with E-state index in [1.807, 2.05) is 0 Å². The lowest BCUT2D eigenvalue weighted by Crippen LogP contribution is -2.14. The van der Waals surface area contributed by atoms with Crippen molar-refractivity contribution in [2.45, 2.75) is 59.4 Å². The van der Waals surface area contributed by atoms with Crippen LogP contribution in [-0.2, 0) is 0 Å². The first-order valence-corrected chi connectivity index (χ1v) is 6.65. The number of aryl methyl sites for hydroxylation is 2. The van der Waals surface area contributed by atoms with Gasteiger partial charge in [-0.2, -0.15) is 0 Å². The molecular formula is C12H22N2S. The minimum absolute atomic E-state index is 0.543. The third-order valence-electron chi connectivity index (χ3n) is 2.64. The molecule has 0 bridgehead atoms. The van der Waals surface area contributed by atoms with E-state index in [9.17, 15) is 0 Å². The van der Waals surface area contributed by atoms with E-state index in [1.165, 1.54) is 30.6 Å². The molecule has 1 aromatic heterocycles. The van der Waals surface area contributed by atoms with Gasteiger partial charge in [-0.25, -0.2) is 4.98 Å². The van der Waals surface area contributed by atoms with Crippen LogP contribution in [-0.4, -0.2) is 11.0 Å². The summed E-state index contributed by atoms with van der Waals surface area (Å²) in [5, 5.41) is 4.55. The second-order valence-electron chi connectivity index (χ2n) is 4.20.